The fourth-order valence-corrected chi connectivity index (χ4v) is 17.8. The van der Waals surface area contributed by atoms with Crippen molar-refractivity contribution in [2.24, 2.45) is 11.3 Å². The molecule has 9 aromatic heterocycles. The summed E-state index contributed by atoms with van der Waals surface area (Å²) in [6.07, 6.45) is 3.75. The number of hydrogen-bond acceptors (Lipinski definition) is 21. The molecule has 7 aliphatic rings. The summed E-state index contributed by atoms with van der Waals surface area (Å²) in [7, 11) is 0. The van der Waals surface area contributed by atoms with E-state index in [1.54, 1.807) is 28.1 Å². The van der Waals surface area contributed by atoms with Crippen LogP contribution in [0.3, 0.4) is 0 Å². The van der Waals surface area contributed by atoms with E-state index in [0.29, 0.717) is 202 Å². The molecule has 7 aromatic carbocycles. The second-order valence-electron chi connectivity index (χ2n) is 38.6. The first-order chi connectivity index (χ1) is 72.5. The summed E-state index contributed by atoms with van der Waals surface area (Å²) < 4.78 is 46.3. The van der Waals surface area contributed by atoms with Gasteiger partial charge in [0.2, 0.25) is 47.1 Å². The molecule has 0 atom stereocenters. The Morgan fingerprint density at radius 1 is 0.282 bits per heavy atom. The van der Waals surface area contributed by atoms with Crippen LogP contribution in [0, 0.1) is 39.0 Å². The minimum Gasteiger partial charge on any atom is -0.472 e. The van der Waals surface area contributed by atoms with Crippen LogP contribution in [-0.4, -0.2) is 178 Å². The Morgan fingerprint density at radius 3 is 0.846 bits per heavy atom. The standard InChI is InChI=1S/C21H21N3O2.3C20H20N4O2.C18H23N3O2.C17H19N3O2/c1-16-7-5-6-10-19(16)21(25)23-11-12-24-18(14-23)13-20(22-24)26-15-17-8-3-2-4-9-17;2*1-15-6-5-9-18(21-15)20(25)23-10-11-24-17(13-23)12-19(22-24)26-14-16-7-3-2-4-8-16;1-15-7-8-17(12-21-15)20(25)23-9-10-24-18(13-23)11-19(22-24)26-14-16-5-3-2-4-6-16;1-18(2,3)17(22)20-9-10-21-15(12-20)11-16(19-21)23-13-14-7-5-4-6-8-14;21-17(14-6-7-14)19-8-9-20-15(11-19)10-16(18-20)22-12-13-4-2-1-3-5-13/h2-10,13H,11-12,14-15H2,1H3;2*2-9,12H,10-11,13-14H2,1H3;2-8,11-12H,9-10,13-14H2,1H3;4-8,11H,9-10,12-13H2,1-3H3;1-5,10,14H,6-9,11-12H2. The van der Waals surface area contributed by atoms with E-state index in [-0.39, 0.29) is 40.9 Å². The van der Waals surface area contributed by atoms with Crippen LogP contribution in [0.15, 0.2) is 297 Å². The van der Waals surface area contributed by atoms with Crippen LogP contribution in [0.4, 0.5) is 0 Å². The molecular weight excluding hydrogens is 1880 g/mol. The van der Waals surface area contributed by atoms with Gasteiger partial charge >= 0.3 is 0 Å². The molecule has 0 unspecified atom stereocenters. The zero-order valence-electron chi connectivity index (χ0n) is 85.0. The SMILES string of the molecule is CC(C)(C)C(=O)N1CCn2nc(OCc3ccccc3)cc2C1.Cc1ccc(C(=O)N2CCn3nc(OCc4ccccc4)cc3C2)cn1.Cc1cccc(C(=O)N2CCn3nc(OCc4ccccc4)cc3C2)n1.Cc1cccc(C(=O)N2CCn3nc(OCc4ccccc4)cc3C2)n1.Cc1ccccc1C(=O)N1CCn2nc(OCc3ccccc3)cc2C1.O=C(C1CC1)N1CCn2nc(OCc3ccccc3)cc2C1. The smallest absolute Gasteiger partial charge is 0.272 e. The van der Waals surface area contributed by atoms with Crippen molar-refractivity contribution in [3.8, 4) is 35.3 Å². The molecule has 0 N–H and O–H groups in total. The Bertz CT molecular complexity index is 7070. The number of nitrogens with zero attached hydrogens (tertiary/aromatic N) is 21. The average Bonchev–Trinajstić information content (AvgIpc) is 1.69. The molecule has 764 valence electrons. The Kier molecular flexibility index (Phi) is 33.0. The van der Waals surface area contributed by atoms with Gasteiger partial charge in [0.1, 0.15) is 51.0 Å². The van der Waals surface area contributed by atoms with Crippen LogP contribution in [0.5, 0.6) is 35.3 Å². The van der Waals surface area contributed by atoms with Gasteiger partial charge in [-0.15, -0.1) is 30.6 Å². The topological polar surface area (TPSA) is 323 Å². The van der Waals surface area contributed by atoms with E-state index >= 15 is 0 Å². The monoisotopic (exact) mass is 2000 g/mol. The van der Waals surface area contributed by atoms with E-state index in [1.165, 1.54) is 0 Å². The van der Waals surface area contributed by atoms with Crippen molar-refractivity contribution in [1.82, 2.24) is 103 Å². The van der Waals surface area contributed by atoms with Crippen molar-refractivity contribution in [3.05, 3.63) is 410 Å². The molecule has 33 nitrogen and oxygen atoms in total. The van der Waals surface area contributed by atoms with E-state index in [1.807, 2.05) is 375 Å². The van der Waals surface area contributed by atoms with Gasteiger partial charge in [0.05, 0.1) is 118 Å². The minimum atomic E-state index is -0.352. The first-order valence-corrected chi connectivity index (χ1v) is 50.5. The molecule has 0 saturated heterocycles. The molecule has 15 heterocycles. The lowest BCUT2D eigenvalue weighted by atomic mass is 9.94. The Balaban J connectivity index is 0.000000117. The largest absolute Gasteiger partial charge is 0.472 e. The highest BCUT2D eigenvalue weighted by atomic mass is 16.5. The van der Waals surface area contributed by atoms with Gasteiger partial charge < -0.3 is 57.8 Å². The molecule has 6 aliphatic heterocycles. The van der Waals surface area contributed by atoms with E-state index in [9.17, 15) is 28.8 Å². The molecule has 16 aromatic rings. The highest BCUT2D eigenvalue weighted by Gasteiger charge is 2.37. The predicted molar refractivity (Wildman–Crippen MR) is 558 cm³/mol. The first kappa shape index (κ1) is 102. The summed E-state index contributed by atoms with van der Waals surface area (Å²) in [4.78, 5) is 99.4. The van der Waals surface area contributed by atoms with Crippen molar-refractivity contribution in [1.29, 1.82) is 0 Å². The Labute approximate surface area is 866 Å². The predicted octanol–water partition coefficient (Wildman–Crippen LogP) is 17.0. The zero-order chi connectivity index (χ0) is 103. The van der Waals surface area contributed by atoms with Crippen LogP contribution in [0.2, 0.25) is 0 Å². The van der Waals surface area contributed by atoms with Gasteiger partial charge in [-0.1, -0.05) is 233 Å². The van der Waals surface area contributed by atoms with Crippen LogP contribution in [0.25, 0.3) is 0 Å². The Hall–Kier alpha value is -17.1. The first-order valence-electron chi connectivity index (χ1n) is 50.5. The highest BCUT2D eigenvalue weighted by Crippen LogP contribution is 2.34. The molecule has 1 aliphatic carbocycles. The average molecular weight is 2000 g/mol. The molecule has 0 radical (unpaired) electrons. The maximum atomic E-state index is 12.8. The number of aromatic nitrogens is 15. The van der Waals surface area contributed by atoms with Gasteiger partial charge in [0.15, 0.2) is 0 Å². The van der Waals surface area contributed by atoms with Crippen LogP contribution >= 0.6 is 0 Å². The lowest BCUT2D eigenvalue weighted by molar-refractivity contribution is -0.141. The molecule has 0 spiro atoms. The third-order valence-electron chi connectivity index (χ3n) is 26.1. The van der Waals surface area contributed by atoms with Crippen LogP contribution in [0.1, 0.15) is 165 Å². The molecule has 33 heteroatoms. The molecule has 149 heavy (non-hydrogen) atoms. The summed E-state index contributed by atoms with van der Waals surface area (Å²) >= 11 is 0. The number of amides is 6. The molecular formula is C116H123N21O12. The maximum Gasteiger partial charge on any atom is 0.272 e. The fraction of sp³-hybridized carbons (Fsp3) is 0.302. The van der Waals surface area contributed by atoms with Crippen molar-refractivity contribution in [3.63, 3.8) is 0 Å². The van der Waals surface area contributed by atoms with Gasteiger partial charge in [-0.25, -0.2) is 9.97 Å². The minimum absolute atomic E-state index is 0.00305. The second kappa shape index (κ2) is 48.3. The normalized spacial score (nSPS) is 14.1. The number of ether oxygens (including phenoxy) is 6. The van der Waals surface area contributed by atoms with Gasteiger partial charge in [-0.3, -0.25) is 61.8 Å². The van der Waals surface area contributed by atoms with Gasteiger partial charge in [0.25, 0.3) is 23.6 Å². The second-order valence-corrected chi connectivity index (χ2v) is 38.6. The summed E-state index contributed by atoms with van der Waals surface area (Å²) in [5.41, 5.74) is 18.2. The van der Waals surface area contributed by atoms with E-state index in [2.05, 4.69) is 45.5 Å². The van der Waals surface area contributed by atoms with Crippen molar-refractivity contribution < 1.29 is 57.2 Å². The lowest BCUT2D eigenvalue weighted by Gasteiger charge is -2.32. The summed E-state index contributed by atoms with van der Waals surface area (Å²) in [6.45, 7) is 27.9. The Morgan fingerprint density at radius 2 is 0.557 bits per heavy atom. The van der Waals surface area contributed by atoms with Gasteiger partial charge in [0, 0.05) is 116 Å². The summed E-state index contributed by atoms with van der Waals surface area (Å²) in [5, 5.41) is 26.9. The molecule has 0 bridgehead atoms. The quantitative estimate of drug-likeness (QED) is 0.0574. The number of hydrogen-bond donors (Lipinski definition) is 0. The highest BCUT2D eigenvalue weighted by molar-refractivity contribution is 5.96. The molecule has 1 fully saturated rings. The van der Waals surface area contributed by atoms with Gasteiger partial charge in [-0.05, 0) is 122 Å². The number of carbonyl (C=O) groups excluding carboxylic acids is 6. The summed E-state index contributed by atoms with van der Waals surface area (Å²) in [6, 6.07) is 94.0. The van der Waals surface area contributed by atoms with E-state index in [4.69, 9.17) is 28.4 Å². The third kappa shape index (κ3) is 27.6. The van der Waals surface area contributed by atoms with Crippen LogP contribution < -0.4 is 28.4 Å². The fourth-order valence-electron chi connectivity index (χ4n) is 17.8. The van der Waals surface area contributed by atoms with Gasteiger partial charge in [-0.2, -0.15) is 0 Å². The van der Waals surface area contributed by atoms with Crippen molar-refractivity contribution >= 4 is 35.4 Å². The van der Waals surface area contributed by atoms with E-state index in [0.717, 1.165) is 122 Å². The zero-order valence-corrected chi connectivity index (χ0v) is 85.0. The summed E-state index contributed by atoms with van der Waals surface area (Å²) in [5.74, 6) is 4.37. The third-order valence-corrected chi connectivity index (χ3v) is 26.1. The molecule has 6 amide bonds. The number of benzene rings is 7. The van der Waals surface area contributed by atoms with Crippen LogP contribution in [-0.2, 0) is 128 Å². The van der Waals surface area contributed by atoms with E-state index < -0.39 is 0 Å². The number of carbonyl (C=O) groups is 6. The number of aryl methyl sites for hydroxylation is 4. The number of fused-ring (bicyclic) bond motifs is 6. The lowest BCUT2D eigenvalue weighted by Crippen LogP contribution is -2.43. The molecule has 1 saturated carbocycles. The molecule has 23 rings (SSSR count). The van der Waals surface area contributed by atoms with Crippen molar-refractivity contribution in [2.75, 3.05) is 39.3 Å². The maximum absolute atomic E-state index is 12.8. The van der Waals surface area contributed by atoms with Crippen molar-refractivity contribution in [2.45, 2.75) is 179 Å². The number of pyridine rings is 3. The number of rotatable bonds is 23.